The molecule has 1 aromatic carbocycles. The highest BCUT2D eigenvalue weighted by molar-refractivity contribution is 5.32. The van der Waals surface area contributed by atoms with E-state index in [9.17, 15) is 13.2 Å². The summed E-state index contributed by atoms with van der Waals surface area (Å²) >= 11 is 0. The molecule has 1 N–H and O–H groups in total. The minimum atomic E-state index is -4.33. The van der Waals surface area contributed by atoms with Crippen LogP contribution < -0.4 is 5.32 Å². The van der Waals surface area contributed by atoms with Crippen molar-refractivity contribution in [2.45, 2.75) is 31.7 Å². The molecular weight excluding hydrogens is 243 g/mol. The molecule has 2 nitrogen and oxygen atoms in total. The maximum Gasteiger partial charge on any atom is 0.416 e. The molecular formula is C13H16F3NO. The van der Waals surface area contributed by atoms with Crippen molar-refractivity contribution < 1.29 is 17.9 Å². The van der Waals surface area contributed by atoms with E-state index in [1.54, 1.807) is 6.07 Å². The van der Waals surface area contributed by atoms with Crippen molar-refractivity contribution in [3.05, 3.63) is 35.4 Å². The predicted molar refractivity (Wildman–Crippen MR) is 62.2 cm³/mol. The normalized spacial score (nSPS) is 25.1. The van der Waals surface area contributed by atoms with Crippen LogP contribution in [0.15, 0.2) is 24.3 Å². The Bertz CT molecular complexity index is 397. The molecule has 2 rings (SSSR count). The number of nitrogens with one attached hydrogen (secondary N) is 1. The Hall–Kier alpha value is -1.07. The third-order valence-electron chi connectivity index (χ3n) is 3.20. The summed E-state index contributed by atoms with van der Waals surface area (Å²) in [5.41, 5.74) is -0.390. The number of morpholine rings is 1. The summed E-state index contributed by atoms with van der Waals surface area (Å²) in [4.78, 5) is 0. The SMILES string of the molecule is CCC1COC(c2ccccc2C(F)(F)F)CN1. The Balaban J connectivity index is 2.19. The molecule has 18 heavy (non-hydrogen) atoms. The standard InChI is InChI=1S/C13H16F3NO/c1-2-9-8-18-12(7-17-9)10-5-3-4-6-11(10)13(14,15)16/h3-6,9,12,17H,2,7-8H2,1H3. The van der Waals surface area contributed by atoms with Gasteiger partial charge in [0.15, 0.2) is 0 Å². The van der Waals surface area contributed by atoms with E-state index in [0.29, 0.717) is 13.2 Å². The topological polar surface area (TPSA) is 21.3 Å². The first-order chi connectivity index (χ1) is 8.52. The van der Waals surface area contributed by atoms with E-state index in [2.05, 4.69) is 5.32 Å². The Morgan fingerprint density at radius 3 is 2.61 bits per heavy atom. The number of hydrogen-bond acceptors (Lipinski definition) is 2. The van der Waals surface area contributed by atoms with Crippen molar-refractivity contribution in [3.8, 4) is 0 Å². The second-order valence-corrected chi connectivity index (χ2v) is 4.42. The smallest absolute Gasteiger partial charge is 0.371 e. The van der Waals surface area contributed by atoms with E-state index < -0.39 is 17.8 Å². The molecule has 0 radical (unpaired) electrons. The van der Waals surface area contributed by atoms with E-state index in [1.807, 2.05) is 6.92 Å². The third kappa shape index (κ3) is 2.84. The highest BCUT2D eigenvalue weighted by Crippen LogP contribution is 2.36. The van der Waals surface area contributed by atoms with E-state index in [1.165, 1.54) is 12.1 Å². The molecule has 0 spiro atoms. The molecule has 1 fully saturated rings. The van der Waals surface area contributed by atoms with Crippen LogP contribution in [-0.2, 0) is 10.9 Å². The van der Waals surface area contributed by atoms with Gasteiger partial charge in [-0.1, -0.05) is 25.1 Å². The van der Waals surface area contributed by atoms with E-state index in [4.69, 9.17) is 4.74 Å². The minimum Gasteiger partial charge on any atom is -0.371 e. The van der Waals surface area contributed by atoms with Gasteiger partial charge in [0.25, 0.3) is 0 Å². The lowest BCUT2D eigenvalue weighted by molar-refractivity contribution is -0.140. The van der Waals surface area contributed by atoms with E-state index >= 15 is 0 Å². The van der Waals surface area contributed by atoms with Gasteiger partial charge < -0.3 is 10.1 Å². The van der Waals surface area contributed by atoms with Gasteiger partial charge in [-0.2, -0.15) is 13.2 Å². The summed E-state index contributed by atoms with van der Waals surface area (Å²) < 4.78 is 44.2. The van der Waals surface area contributed by atoms with Crippen molar-refractivity contribution >= 4 is 0 Å². The monoisotopic (exact) mass is 259 g/mol. The fraction of sp³-hybridized carbons (Fsp3) is 0.538. The van der Waals surface area contributed by atoms with Gasteiger partial charge in [-0.15, -0.1) is 0 Å². The highest BCUT2D eigenvalue weighted by Gasteiger charge is 2.36. The Labute approximate surface area is 104 Å². The first-order valence-corrected chi connectivity index (χ1v) is 6.03. The molecule has 100 valence electrons. The molecule has 0 bridgehead atoms. The second-order valence-electron chi connectivity index (χ2n) is 4.42. The lowest BCUT2D eigenvalue weighted by Crippen LogP contribution is -2.42. The number of hydrogen-bond donors (Lipinski definition) is 1. The predicted octanol–water partition coefficient (Wildman–Crippen LogP) is 3.14. The molecule has 0 amide bonds. The van der Waals surface area contributed by atoms with Gasteiger partial charge in [0, 0.05) is 12.6 Å². The van der Waals surface area contributed by atoms with Gasteiger partial charge >= 0.3 is 6.18 Å². The van der Waals surface area contributed by atoms with Gasteiger partial charge in [-0.3, -0.25) is 0 Å². The van der Waals surface area contributed by atoms with Crippen LogP contribution in [0.4, 0.5) is 13.2 Å². The summed E-state index contributed by atoms with van der Waals surface area (Å²) in [6, 6.07) is 5.84. The molecule has 5 heteroatoms. The van der Waals surface area contributed by atoms with Crippen LogP contribution in [0, 0.1) is 0 Å². The van der Waals surface area contributed by atoms with Crippen LogP contribution in [0.3, 0.4) is 0 Å². The van der Waals surface area contributed by atoms with Crippen molar-refractivity contribution in [1.82, 2.24) is 5.32 Å². The number of benzene rings is 1. The summed E-state index contributed by atoms with van der Waals surface area (Å²) in [7, 11) is 0. The molecule has 2 unspecified atom stereocenters. The fourth-order valence-corrected chi connectivity index (χ4v) is 2.12. The molecule has 1 aromatic rings. The Morgan fingerprint density at radius 1 is 1.33 bits per heavy atom. The lowest BCUT2D eigenvalue weighted by atomic mass is 10.00. The van der Waals surface area contributed by atoms with E-state index in [-0.39, 0.29) is 11.6 Å². The highest BCUT2D eigenvalue weighted by atomic mass is 19.4. The molecule has 1 saturated heterocycles. The summed E-state index contributed by atoms with van der Waals surface area (Å²) in [6.07, 6.45) is -3.94. The van der Waals surface area contributed by atoms with Crippen LogP contribution in [0.1, 0.15) is 30.6 Å². The quantitative estimate of drug-likeness (QED) is 0.881. The Kier molecular flexibility index (Phi) is 3.92. The van der Waals surface area contributed by atoms with Crippen molar-refractivity contribution in [2.75, 3.05) is 13.2 Å². The summed E-state index contributed by atoms with van der Waals surface area (Å²) in [6.45, 7) is 2.89. The number of ether oxygens (including phenoxy) is 1. The minimum absolute atomic E-state index is 0.215. The lowest BCUT2D eigenvalue weighted by Gasteiger charge is -2.31. The zero-order valence-corrected chi connectivity index (χ0v) is 10.1. The second kappa shape index (κ2) is 5.28. The van der Waals surface area contributed by atoms with Crippen LogP contribution in [0.5, 0.6) is 0 Å². The zero-order valence-electron chi connectivity index (χ0n) is 10.1. The van der Waals surface area contributed by atoms with Crippen molar-refractivity contribution in [2.24, 2.45) is 0 Å². The maximum absolute atomic E-state index is 12.9. The Morgan fingerprint density at radius 2 is 2.06 bits per heavy atom. The van der Waals surface area contributed by atoms with Crippen LogP contribution in [-0.4, -0.2) is 19.2 Å². The van der Waals surface area contributed by atoms with Gasteiger partial charge in [0.1, 0.15) is 0 Å². The molecule has 0 aromatic heterocycles. The van der Waals surface area contributed by atoms with Crippen LogP contribution in [0.25, 0.3) is 0 Å². The molecule has 1 heterocycles. The zero-order chi connectivity index (χ0) is 13.2. The first kappa shape index (κ1) is 13.4. The van der Waals surface area contributed by atoms with Gasteiger partial charge in [0.2, 0.25) is 0 Å². The van der Waals surface area contributed by atoms with Crippen LogP contribution >= 0.6 is 0 Å². The molecule has 0 saturated carbocycles. The first-order valence-electron chi connectivity index (χ1n) is 6.03. The summed E-state index contributed by atoms with van der Waals surface area (Å²) in [5.74, 6) is 0. The average molecular weight is 259 g/mol. The molecule has 0 aliphatic carbocycles. The summed E-state index contributed by atoms with van der Waals surface area (Å²) in [5, 5.41) is 3.20. The largest absolute Gasteiger partial charge is 0.416 e. The third-order valence-corrected chi connectivity index (χ3v) is 3.20. The number of rotatable bonds is 2. The van der Waals surface area contributed by atoms with Gasteiger partial charge in [-0.25, -0.2) is 0 Å². The molecule has 2 atom stereocenters. The number of halogens is 3. The fourth-order valence-electron chi connectivity index (χ4n) is 2.12. The van der Waals surface area contributed by atoms with Crippen molar-refractivity contribution in [3.63, 3.8) is 0 Å². The van der Waals surface area contributed by atoms with Gasteiger partial charge in [-0.05, 0) is 18.1 Å². The molecule has 1 aliphatic heterocycles. The van der Waals surface area contributed by atoms with E-state index in [0.717, 1.165) is 12.5 Å². The molecule has 1 aliphatic rings. The van der Waals surface area contributed by atoms with Crippen LogP contribution in [0.2, 0.25) is 0 Å². The average Bonchev–Trinajstić information content (AvgIpc) is 2.38. The number of alkyl halides is 3. The van der Waals surface area contributed by atoms with Crippen molar-refractivity contribution in [1.29, 1.82) is 0 Å². The van der Waals surface area contributed by atoms with Gasteiger partial charge in [0.05, 0.1) is 18.3 Å². The maximum atomic E-state index is 12.9.